The lowest BCUT2D eigenvalue weighted by atomic mass is 10.1. The standard InChI is InChI=1S/C8H12N2/c9-6-7-3-5-10-4-1-2-8(7)10/h1-2,4,7H,3,5-6,9H2/t7-/m1/s1. The van der Waals surface area contributed by atoms with Crippen LogP contribution in [-0.2, 0) is 6.54 Å². The third-order valence-corrected chi connectivity index (χ3v) is 2.29. The minimum Gasteiger partial charge on any atom is -0.351 e. The minimum absolute atomic E-state index is 0.620. The molecule has 0 unspecified atom stereocenters. The normalized spacial score (nSPS) is 23.1. The Labute approximate surface area is 60.6 Å². The Balaban J connectivity index is 2.34. The van der Waals surface area contributed by atoms with Gasteiger partial charge in [-0.2, -0.15) is 0 Å². The van der Waals surface area contributed by atoms with E-state index in [1.54, 1.807) is 0 Å². The molecule has 0 bridgehead atoms. The Hall–Kier alpha value is -0.760. The average Bonchev–Trinajstić information content (AvgIpc) is 2.44. The van der Waals surface area contributed by atoms with Crippen molar-refractivity contribution in [1.29, 1.82) is 0 Å². The summed E-state index contributed by atoms with van der Waals surface area (Å²) >= 11 is 0. The van der Waals surface area contributed by atoms with E-state index in [0.717, 1.165) is 13.1 Å². The van der Waals surface area contributed by atoms with Gasteiger partial charge >= 0.3 is 0 Å². The van der Waals surface area contributed by atoms with Crippen molar-refractivity contribution in [3.05, 3.63) is 24.0 Å². The first-order valence-corrected chi connectivity index (χ1v) is 3.77. The molecule has 1 aliphatic heterocycles. The quantitative estimate of drug-likeness (QED) is 0.612. The van der Waals surface area contributed by atoms with Gasteiger partial charge in [-0.3, -0.25) is 0 Å². The van der Waals surface area contributed by atoms with Crippen LogP contribution in [0.25, 0.3) is 0 Å². The molecule has 1 aromatic rings. The van der Waals surface area contributed by atoms with Crippen LogP contribution in [0.4, 0.5) is 0 Å². The van der Waals surface area contributed by atoms with E-state index < -0.39 is 0 Å². The van der Waals surface area contributed by atoms with Crippen molar-refractivity contribution in [2.45, 2.75) is 18.9 Å². The summed E-state index contributed by atoms with van der Waals surface area (Å²) < 4.78 is 2.29. The molecule has 54 valence electrons. The largest absolute Gasteiger partial charge is 0.351 e. The Kier molecular flexibility index (Phi) is 1.27. The van der Waals surface area contributed by atoms with E-state index in [1.807, 2.05) is 0 Å². The summed E-state index contributed by atoms with van der Waals surface area (Å²) in [7, 11) is 0. The second-order valence-corrected chi connectivity index (χ2v) is 2.85. The van der Waals surface area contributed by atoms with Crippen molar-refractivity contribution in [3.8, 4) is 0 Å². The van der Waals surface area contributed by atoms with Crippen LogP contribution in [0.5, 0.6) is 0 Å². The molecule has 0 aromatic carbocycles. The van der Waals surface area contributed by atoms with Crippen LogP contribution in [0.15, 0.2) is 18.3 Å². The highest BCUT2D eigenvalue weighted by Crippen LogP contribution is 2.26. The summed E-state index contributed by atoms with van der Waals surface area (Å²) in [6.45, 7) is 1.95. The lowest BCUT2D eigenvalue weighted by molar-refractivity contribution is 0.668. The number of hydrogen-bond acceptors (Lipinski definition) is 1. The first kappa shape index (κ1) is 5.98. The van der Waals surface area contributed by atoms with Crippen LogP contribution in [0, 0.1) is 0 Å². The molecule has 2 nitrogen and oxygen atoms in total. The number of rotatable bonds is 1. The molecule has 10 heavy (non-hydrogen) atoms. The first-order chi connectivity index (χ1) is 4.92. The first-order valence-electron chi connectivity index (χ1n) is 3.77. The molecular formula is C8H12N2. The highest BCUT2D eigenvalue weighted by molar-refractivity contribution is 5.16. The number of nitrogens with zero attached hydrogens (tertiary/aromatic N) is 1. The van der Waals surface area contributed by atoms with Gasteiger partial charge < -0.3 is 10.3 Å². The Morgan fingerprint density at radius 3 is 3.40 bits per heavy atom. The van der Waals surface area contributed by atoms with Crippen LogP contribution in [0.3, 0.4) is 0 Å². The van der Waals surface area contributed by atoms with Crippen LogP contribution in [0.2, 0.25) is 0 Å². The van der Waals surface area contributed by atoms with Crippen molar-refractivity contribution < 1.29 is 0 Å². The summed E-state index contributed by atoms with van der Waals surface area (Å²) in [5, 5.41) is 0. The highest BCUT2D eigenvalue weighted by atomic mass is 15.0. The zero-order chi connectivity index (χ0) is 6.97. The number of hydrogen-bond donors (Lipinski definition) is 1. The summed E-state index contributed by atoms with van der Waals surface area (Å²) in [6, 6.07) is 4.27. The molecule has 2 rings (SSSR count). The van der Waals surface area contributed by atoms with E-state index in [-0.39, 0.29) is 0 Å². The van der Waals surface area contributed by atoms with Crippen molar-refractivity contribution in [1.82, 2.24) is 4.57 Å². The van der Waals surface area contributed by atoms with Gasteiger partial charge in [0.15, 0.2) is 0 Å². The zero-order valence-corrected chi connectivity index (χ0v) is 5.96. The van der Waals surface area contributed by atoms with Gasteiger partial charge in [-0.1, -0.05) is 0 Å². The summed E-state index contributed by atoms with van der Waals surface area (Å²) in [4.78, 5) is 0. The van der Waals surface area contributed by atoms with E-state index in [1.165, 1.54) is 12.1 Å². The smallest absolute Gasteiger partial charge is 0.0229 e. The maximum atomic E-state index is 5.59. The highest BCUT2D eigenvalue weighted by Gasteiger charge is 2.19. The van der Waals surface area contributed by atoms with Gasteiger partial charge in [-0.15, -0.1) is 0 Å². The number of aryl methyl sites for hydroxylation is 1. The molecule has 2 heterocycles. The molecule has 0 radical (unpaired) electrons. The van der Waals surface area contributed by atoms with Crippen molar-refractivity contribution >= 4 is 0 Å². The minimum atomic E-state index is 0.620. The monoisotopic (exact) mass is 136 g/mol. The Morgan fingerprint density at radius 2 is 2.60 bits per heavy atom. The SMILES string of the molecule is NC[C@H]1CCn2cccc21. The molecule has 1 aromatic heterocycles. The van der Waals surface area contributed by atoms with Crippen LogP contribution < -0.4 is 5.73 Å². The molecule has 2 heteroatoms. The maximum absolute atomic E-state index is 5.59. The van der Waals surface area contributed by atoms with Gasteiger partial charge in [0.25, 0.3) is 0 Å². The Morgan fingerprint density at radius 1 is 1.70 bits per heavy atom. The summed E-state index contributed by atoms with van der Waals surface area (Å²) in [6.07, 6.45) is 3.36. The lowest BCUT2D eigenvalue weighted by Gasteiger charge is -2.02. The van der Waals surface area contributed by atoms with E-state index in [0.29, 0.717) is 5.92 Å². The molecule has 0 saturated carbocycles. The molecule has 1 atom stereocenters. The second-order valence-electron chi connectivity index (χ2n) is 2.85. The molecule has 0 amide bonds. The third kappa shape index (κ3) is 0.688. The van der Waals surface area contributed by atoms with Crippen LogP contribution >= 0.6 is 0 Å². The third-order valence-electron chi connectivity index (χ3n) is 2.29. The van der Waals surface area contributed by atoms with Gasteiger partial charge in [0.1, 0.15) is 0 Å². The van der Waals surface area contributed by atoms with E-state index in [2.05, 4.69) is 22.9 Å². The van der Waals surface area contributed by atoms with E-state index >= 15 is 0 Å². The molecule has 2 N–H and O–H groups in total. The molecule has 0 aliphatic carbocycles. The lowest BCUT2D eigenvalue weighted by Crippen LogP contribution is -2.08. The molecular weight excluding hydrogens is 124 g/mol. The van der Waals surface area contributed by atoms with Gasteiger partial charge in [-0.05, 0) is 18.6 Å². The van der Waals surface area contributed by atoms with Crippen LogP contribution in [-0.4, -0.2) is 11.1 Å². The van der Waals surface area contributed by atoms with Gasteiger partial charge in [0, 0.05) is 30.9 Å². The Bertz CT molecular complexity index is 227. The fourth-order valence-electron chi connectivity index (χ4n) is 1.68. The van der Waals surface area contributed by atoms with E-state index in [9.17, 15) is 0 Å². The van der Waals surface area contributed by atoms with Gasteiger partial charge in [0.05, 0.1) is 0 Å². The van der Waals surface area contributed by atoms with E-state index in [4.69, 9.17) is 5.73 Å². The molecule has 0 fully saturated rings. The topological polar surface area (TPSA) is 30.9 Å². The van der Waals surface area contributed by atoms with Crippen molar-refractivity contribution in [2.24, 2.45) is 5.73 Å². The van der Waals surface area contributed by atoms with Gasteiger partial charge in [0.2, 0.25) is 0 Å². The molecule has 0 saturated heterocycles. The van der Waals surface area contributed by atoms with Crippen molar-refractivity contribution in [2.75, 3.05) is 6.54 Å². The summed E-state index contributed by atoms with van der Waals surface area (Å²) in [5.74, 6) is 0.620. The fraction of sp³-hybridized carbons (Fsp3) is 0.500. The number of nitrogens with two attached hydrogens (primary N) is 1. The second kappa shape index (κ2) is 2.13. The van der Waals surface area contributed by atoms with Crippen molar-refractivity contribution in [3.63, 3.8) is 0 Å². The zero-order valence-electron chi connectivity index (χ0n) is 5.96. The predicted octanol–water partition coefficient (Wildman–Crippen LogP) is 0.934. The predicted molar refractivity (Wildman–Crippen MR) is 40.8 cm³/mol. The van der Waals surface area contributed by atoms with Gasteiger partial charge in [-0.25, -0.2) is 0 Å². The number of aromatic nitrogens is 1. The van der Waals surface area contributed by atoms with Crippen LogP contribution in [0.1, 0.15) is 18.0 Å². The average molecular weight is 136 g/mol. The maximum Gasteiger partial charge on any atom is 0.0229 e. The number of fused-ring (bicyclic) bond motifs is 1. The molecule has 0 spiro atoms. The summed E-state index contributed by atoms with van der Waals surface area (Å²) in [5.41, 5.74) is 7.01. The molecule has 1 aliphatic rings. The fourth-order valence-corrected chi connectivity index (χ4v) is 1.68.